The monoisotopic (exact) mass is 289 g/mol. The van der Waals surface area contributed by atoms with Gasteiger partial charge >= 0.3 is 0 Å². The molecule has 0 heterocycles. The van der Waals surface area contributed by atoms with E-state index in [2.05, 4.69) is 16.9 Å². The summed E-state index contributed by atoms with van der Waals surface area (Å²) in [5.74, 6) is -0.287. The Hall–Kier alpha value is -1.85. The minimum atomic E-state index is -3.47. The van der Waals surface area contributed by atoms with Gasteiger partial charge in [-0.1, -0.05) is 30.3 Å². The molecule has 0 amide bonds. The third kappa shape index (κ3) is 2.42. The number of benzene rings is 2. The first kappa shape index (κ1) is 13.1. The van der Waals surface area contributed by atoms with Crippen LogP contribution in [0.4, 0.5) is 5.69 Å². The molecular weight excluding hydrogens is 274 g/mol. The van der Waals surface area contributed by atoms with Crippen LogP contribution in [0.5, 0.6) is 0 Å². The van der Waals surface area contributed by atoms with E-state index in [0.29, 0.717) is 5.69 Å². The highest BCUT2D eigenvalue weighted by molar-refractivity contribution is 7.92. The first-order valence-electron chi connectivity index (χ1n) is 6.41. The van der Waals surface area contributed by atoms with Crippen molar-refractivity contribution in [1.82, 2.24) is 0 Å². The lowest BCUT2D eigenvalue weighted by molar-refractivity contribution is 0.320. The van der Waals surface area contributed by atoms with E-state index >= 15 is 0 Å². The SMILES string of the molecule is O=S(=O)(CCO)Nc1ccc2c(c1)Cc1ccccc1-2. The zero-order valence-electron chi connectivity index (χ0n) is 10.8. The van der Waals surface area contributed by atoms with Crippen molar-refractivity contribution in [2.75, 3.05) is 17.1 Å². The maximum Gasteiger partial charge on any atom is 0.234 e. The Balaban J connectivity index is 1.91. The summed E-state index contributed by atoms with van der Waals surface area (Å²) in [6.45, 7) is -0.383. The van der Waals surface area contributed by atoms with Crippen LogP contribution in [0.1, 0.15) is 11.1 Å². The van der Waals surface area contributed by atoms with Gasteiger partial charge in [0.1, 0.15) is 0 Å². The molecule has 20 heavy (non-hydrogen) atoms. The van der Waals surface area contributed by atoms with E-state index in [0.717, 1.165) is 17.5 Å². The summed E-state index contributed by atoms with van der Waals surface area (Å²) in [5.41, 5.74) is 5.30. The fraction of sp³-hybridized carbons (Fsp3) is 0.200. The smallest absolute Gasteiger partial charge is 0.234 e. The number of hydrogen-bond donors (Lipinski definition) is 2. The van der Waals surface area contributed by atoms with Gasteiger partial charge in [0.25, 0.3) is 0 Å². The summed E-state index contributed by atoms with van der Waals surface area (Å²) >= 11 is 0. The van der Waals surface area contributed by atoms with Crippen LogP contribution < -0.4 is 4.72 Å². The second kappa shape index (κ2) is 4.92. The summed E-state index contributed by atoms with van der Waals surface area (Å²) in [5, 5.41) is 8.73. The average molecular weight is 289 g/mol. The van der Waals surface area contributed by atoms with E-state index < -0.39 is 10.0 Å². The normalized spacial score (nSPS) is 12.8. The van der Waals surface area contributed by atoms with Gasteiger partial charge in [-0.15, -0.1) is 0 Å². The first-order valence-corrected chi connectivity index (χ1v) is 8.07. The molecule has 0 atom stereocenters. The molecule has 2 aromatic carbocycles. The molecule has 5 heteroatoms. The third-order valence-corrected chi connectivity index (χ3v) is 4.69. The Labute approximate surface area is 118 Å². The standard InChI is InChI=1S/C15H15NO3S/c17-7-8-20(18,19)16-13-5-6-15-12(10-13)9-11-3-1-2-4-14(11)15/h1-6,10,16-17H,7-9H2. The molecule has 0 fully saturated rings. The van der Waals surface area contributed by atoms with Gasteiger partial charge in [0.05, 0.1) is 12.4 Å². The number of aliphatic hydroxyl groups is 1. The molecule has 0 saturated carbocycles. The number of anilines is 1. The van der Waals surface area contributed by atoms with Gasteiger partial charge in [-0.2, -0.15) is 0 Å². The molecule has 0 unspecified atom stereocenters. The summed E-state index contributed by atoms with van der Waals surface area (Å²) in [7, 11) is -3.47. The van der Waals surface area contributed by atoms with Crippen LogP contribution in [0.2, 0.25) is 0 Å². The number of nitrogens with one attached hydrogen (secondary N) is 1. The molecule has 0 aromatic heterocycles. The van der Waals surface area contributed by atoms with Gasteiger partial charge in [0.15, 0.2) is 0 Å². The number of aliphatic hydroxyl groups excluding tert-OH is 1. The van der Waals surface area contributed by atoms with Crippen molar-refractivity contribution in [1.29, 1.82) is 0 Å². The predicted molar refractivity (Wildman–Crippen MR) is 79.2 cm³/mol. The molecule has 0 saturated heterocycles. The Kier molecular flexibility index (Phi) is 3.23. The van der Waals surface area contributed by atoms with Crippen LogP contribution in [0.3, 0.4) is 0 Å². The Morgan fingerprint density at radius 3 is 2.60 bits per heavy atom. The summed E-state index contributed by atoms with van der Waals surface area (Å²) in [4.78, 5) is 0. The molecule has 4 nitrogen and oxygen atoms in total. The van der Waals surface area contributed by atoms with Gasteiger partial charge in [-0.05, 0) is 40.8 Å². The highest BCUT2D eigenvalue weighted by atomic mass is 32.2. The lowest BCUT2D eigenvalue weighted by Gasteiger charge is -2.08. The second-order valence-corrected chi connectivity index (χ2v) is 6.69. The Bertz CT molecular complexity index is 753. The largest absolute Gasteiger partial charge is 0.395 e. The lowest BCUT2D eigenvalue weighted by Crippen LogP contribution is -2.18. The van der Waals surface area contributed by atoms with E-state index in [4.69, 9.17) is 5.11 Å². The minimum absolute atomic E-state index is 0.287. The quantitative estimate of drug-likeness (QED) is 0.772. The van der Waals surface area contributed by atoms with Crippen LogP contribution in [-0.4, -0.2) is 25.9 Å². The number of hydrogen-bond acceptors (Lipinski definition) is 3. The summed E-state index contributed by atoms with van der Waals surface area (Å²) < 4.78 is 25.8. The summed E-state index contributed by atoms with van der Waals surface area (Å²) in [6, 6.07) is 13.8. The molecular formula is C15H15NO3S. The van der Waals surface area contributed by atoms with Crippen molar-refractivity contribution in [3.05, 3.63) is 53.6 Å². The van der Waals surface area contributed by atoms with Gasteiger partial charge in [0, 0.05) is 5.69 Å². The highest BCUT2D eigenvalue weighted by Gasteiger charge is 2.18. The molecule has 1 aliphatic carbocycles. The second-order valence-electron chi connectivity index (χ2n) is 4.85. The van der Waals surface area contributed by atoms with Crippen LogP contribution in [0.15, 0.2) is 42.5 Å². The first-order chi connectivity index (χ1) is 9.59. The predicted octanol–water partition coefficient (Wildman–Crippen LogP) is 1.99. The Morgan fingerprint density at radius 2 is 1.80 bits per heavy atom. The zero-order valence-corrected chi connectivity index (χ0v) is 11.7. The fourth-order valence-electron chi connectivity index (χ4n) is 2.56. The van der Waals surface area contributed by atoms with Gasteiger partial charge in [0.2, 0.25) is 10.0 Å². The van der Waals surface area contributed by atoms with Crippen LogP contribution in [0, 0.1) is 0 Å². The van der Waals surface area contributed by atoms with Crippen molar-refractivity contribution in [3.8, 4) is 11.1 Å². The van der Waals surface area contributed by atoms with E-state index in [9.17, 15) is 8.42 Å². The molecule has 2 N–H and O–H groups in total. The number of sulfonamides is 1. The fourth-order valence-corrected chi connectivity index (χ4v) is 3.39. The van der Waals surface area contributed by atoms with Gasteiger partial charge < -0.3 is 5.11 Å². The summed E-state index contributed by atoms with van der Waals surface area (Å²) in [6.07, 6.45) is 0.821. The molecule has 0 radical (unpaired) electrons. The molecule has 0 spiro atoms. The molecule has 0 bridgehead atoms. The van der Waals surface area contributed by atoms with Crippen molar-refractivity contribution in [3.63, 3.8) is 0 Å². The average Bonchev–Trinajstić information content (AvgIpc) is 2.75. The van der Waals surface area contributed by atoms with Crippen LogP contribution >= 0.6 is 0 Å². The van der Waals surface area contributed by atoms with E-state index in [1.165, 1.54) is 11.1 Å². The van der Waals surface area contributed by atoms with E-state index in [-0.39, 0.29) is 12.4 Å². The van der Waals surface area contributed by atoms with Gasteiger partial charge in [-0.25, -0.2) is 8.42 Å². The van der Waals surface area contributed by atoms with Crippen molar-refractivity contribution in [2.24, 2.45) is 0 Å². The van der Waals surface area contributed by atoms with Crippen LogP contribution in [0.25, 0.3) is 11.1 Å². The molecule has 104 valence electrons. The molecule has 2 aromatic rings. The highest BCUT2D eigenvalue weighted by Crippen LogP contribution is 2.37. The topological polar surface area (TPSA) is 66.4 Å². The minimum Gasteiger partial charge on any atom is -0.395 e. The Morgan fingerprint density at radius 1 is 1.05 bits per heavy atom. The number of rotatable bonds is 4. The van der Waals surface area contributed by atoms with Crippen molar-refractivity contribution in [2.45, 2.75) is 6.42 Å². The van der Waals surface area contributed by atoms with E-state index in [1.807, 2.05) is 24.3 Å². The zero-order chi connectivity index (χ0) is 14.2. The van der Waals surface area contributed by atoms with Crippen molar-refractivity contribution < 1.29 is 13.5 Å². The number of fused-ring (bicyclic) bond motifs is 3. The van der Waals surface area contributed by atoms with Crippen LogP contribution in [-0.2, 0) is 16.4 Å². The molecule has 1 aliphatic rings. The third-order valence-electron chi connectivity index (χ3n) is 3.43. The van der Waals surface area contributed by atoms with E-state index in [1.54, 1.807) is 6.07 Å². The molecule has 3 rings (SSSR count). The van der Waals surface area contributed by atoms with Gasteiger partial charge in [-0.3, -0.25) is 4.72 Å². The van der Waals surface area contributed by atoms with Crippen molar-refractivity contribution >= 4 is 15.7 Å². The molecule has 0 aliphatic heterocycles. The maximum absolute atomic E-state index is 11.6. The maximum atomic E-state index is 11.6. The lowest BCUT2D eigenvalue weighted by atomic mass is 10.1.